The van der Waals surface area contributed by atoms with Gasteiger partial charge in [-0.25, -0.2) is 4.39 Å². The highest BCUT2D eigenvalue weighted by Gasteiger charge is 2.69. The van der Waals surface area contributed by atoms with Crippen molar-refractivity contribution < 1.29 is 18.9 Å². The van der Waals surface area contributed by atoms with Crippen LogP contribution in [-0.2, 0) is 16.8 Å². The Kier molecular flexibility index (Phi) is 5.45. The molecule has 0 radical (unpaired) electrons. The van der Waals surface area contributed by atoms with E-state index in [1.54, 1.807) is 30.3 Å². The van der Waals surface area contributed by atoms with E-state index in [0.717, 1.165) is 30.4 Å². The first-order valence-electron chi connectivity index (χ1n) is 12.6. The van der Waals surface area contributed by atoms with Gasteiger partial charge in [-0.05, 0) is 55.1 Å². The van der Waals surface area contributed by atoms with Crippen LogP contribution in [0.15, 0.2) is 66.7 Å². The first kappa shape index (κ1) is 23.5. The maximum absolute atomic E-state index is 14.6. The summed E-state index contributed by atoms with van der Waals surface area (Å²) in [6, 6.07) is 17.8. The van der Waals surface area contributed by atoms with Crippen LogP contribution in [0.5, 0.6) is 0 Å². The van der Waals surface area contributed by atoms with Crippen LogP contribution in [0.3, 0.4) is 0 Å². The number of anilines is 1. The first-order valence-corrected chi connectivity index (χ1v) is 12.6. The van der Waals surface area contributed by atoms with Crippen molar-refractivity contribution in [1.82, 2.24) is 4.90 Å². The second-order valence-corrected chi connectivity index (χ2v) is 10.1. The number of nitro groups is 1. The van der Waals surface area contributed by atoms with Crippen molar-refractivity contribution in [2.45, 2.75) is 43.7 Å². The summed E-state index contributed by atoms with van der Waals surface area (Å²) >= 11 is 0. The molecule has 3 aliphatic heterocycles. The summed E-state index contributed by atoms with van der Waals surface area (Å²) in [6.45, 7) is 2.63. The quantitative estimate of drug-likeness (QED) is 0.296. The number of hydrogen-bond donors (Lipinski definition) is 1. The Morgan fingerprint density at radius 1 is 1.14 bits per heavy atom. The molecule has 7 nitrogen and oxygen atoms in total. The Labute approximate surface area is 213 Å². The molecule has 2 fully saturated rings. The second kappa shape index (κ2) is 8.59. The van der Waals surface area contributed by atoms with Gasteiger partial charge in [0.25, 0.3) is 5.69 Å². The van der Waals surface area contributed by atoms with Gasteiger partial charge in [0.2, 0.25) is 5.91 Å². The number of nitrogens with one attached hydrogen (secondary N) is 1. The highest BCUT2D eigenvalue weighted by Crippen LogP contribution is 2.61. The summed E-state index contributed by atoms with van der Waals surface area (Å²) in [6.07, 6.45) is 2.43. The van der Waals surface area contributed by atoms with Crippen LogP contribution in [0.4, 0.5) is 15.8 Å². The van der Waals surface area contributed by atoms with Crippen molar-refractivity contribution in [2.75, 3.05) is 11.9 Å². The molecule has 1 N–H and O–H groups in total. The monoisotopic (exact) mass is 499 g/mol. The lowest BCUT2D eigenvalue weighted by Gasteiger charge is -2.37. The van der Waals surface area contributed by atoms with E-state index in [9.17, 15) is 24.1 Å². The van der Waals surface area contributed by atoms with E-state index < -0.39 is 28.1 Å². The molecular weight excluding hydrogens is 473 g/mol. The third-order valence-corrected chi connectivity index (χ3v) is 8.38. The number of benzene rings is 3. The van der Waals surface area contributed by atoms with Gasteiger partial charge >= 0.3 is 0 Å². The van der Waals surface area contributed by atoms with Crippen LogP contribution in [0.1, 0.15) is 52.7 Å². The Hall–Kier alpha value is -3.91. The fraction of sp³-hybridized carbons (Fsp3) is 0.310. The van der Waals surface area contributed by atoms with Gasteiger partial charge in [0.1, 0.15) is 11.4 Å². The third-order valence-electron chi connectivity index (χ3n) is 8.38. The number of rotatable bonds is 5. The zero-order valence-electron chi connectivity index (χ0n) is 20.3. The standard InChI is InChI=1S/C29H26FN3O4/c1-2-17-5-7-19(8-6-17)27(34)26-25(18-9-12-21(13-10-18)33(36)37)24-4-3-15-32(24)29(26)22-16-20(30)11-14-23(22)31-28(29)35/h5-14,16,24-26H,2-4,15H2,1H3,(H,31,35)/t24?,25?,26?,29-/m1/s1. The van der Waals surface area contributed by atoms with E-state index in [1.165, 1.54) is 24.3 Å². The number of Topliss-reactive ketones (excluding diaryl/α,β-unsaturated/α-hetero) is 1. The Morgan fingerprint density at radius 2 is 1.86 bits per heavy atom. The van der Waals surface area contributed by atoms with E-state index in [1.807, 2.05) is 19.1 Å². The number of halogens is 1. The summed E-state index contributed by atoms with van der Waals surface area (Å²) in [4.78, 5) is 41.3. The molecule has 8 heteroatoms. The summed E-state index contributed by atoms with van der Waals surface area (Å²) in [5.41, 5.74) is 1.94. The predicted molar refractivity (Wildman–Crippen MR) is 136 cm³/mol. The summed E-state index contributed by atoms with van der Waals surface area (Å²) in [5.74, 6) is -2.22. The SMILES string of the molecule is CCc1ccc(C(=O)C2C(c3ccc([N+](=O)[O-])cc3)C3CCCN3[C@@]23C(=O)Nc2ccc(F)cc23)cc1. The summed E-state index contributed by atoms with van der Waals surface area (Å²) in [5, 5.41) is 14.2. The highest BCUT2D eigenvalue weighted by atomic mass is 19.1. The molecule has 2 saturated heterocycles. The van der Waals surface area contributed by atoms with Gasteiger partial charge < -0.3 is 5.32 Å². The lowest BCUT2D eigenvalue weighted by molar-refractivity contribution is -0.384. The van der Waals surface area contributed by atoms with Crippen LogP contribution in [0.2, 0.25) is 0 Å². The zero-order chi connectivity index (χ0) is 25.9. The van der Waals surface area contributed by atoms with Crippen LogP contribution < -0.4 is 5.32 Å². The molecule has 3 aromatic carbocycles. The zero-order valence-corrected chi connectivity index (χ0v) is 20.3. The van der Waals surface area contributed by atoms with E-state index in [-0.39, 0.29) is 23.4 Å². The Morgan fingerprint density at radius 3 is 2.54 bits per heavy atom. The van der Waals surface area contributed by atoms with Gasteiger partial charge in [-0.1, -0.05) is 43.3 Å². The van der Waals surface area contributed by atoms with Crippen LogP contribution in [0.25, 0.3) is 0 Å². The number of hydrogen-bond acceptors (Lipinski definition) is 5. The molecule has 37 heavy (non-hydrogen) atoms. The van der Waals surface area contributed by atoms with Crippen molar-refractivity contribution in [2.24, 2.45) is 5.92 Å². The number of aryl methyl sites for hydroxylation is 1. The molecule has 0 saturated carbocycles. The number of nitrogens with zero attached hydrogens (tertiary/aromatic N) is 2. The molecule has 0 bridgehead atoms. The van der Waals surface area contributed by atoms with Crippen LogP contribution >= 0.6 is 0 Å². The number of amides is 1. The molecule has 0 aliphatic carbocycles. The molecule has 0 aromatic heterocycles. The summed E-state index contributed by atoms with van der Waals surface area (Å²) in [7, 11) is 0. The van der Waals surface area contributed by atoms with Gasteiger partial charge in [-0.2, -0.15) is 0 Å². The minimum Gasteiger partial charge on any atom is -0.324 e. The molecule has 3 aromatic rings. The van der Waals surface area contributed by atoms with Crippen molar-refractivity contribution in [3.8, 4) is 0 Å². The minimum absolute atomic E-state index is 0.0382. The molecule has 1 spiro atoms. The van der Waals surface area contributed by atoms with Gasteiger partial charge in [0.15, 0.2) is 5.78 Å². The van der Waals surface area contributed by atoms with E-state index in [4.69, 9.17) is 0 Å². The molecular formula is C29H26FN3O4. The fourth-order valence-corrected chi connectivity index (χ4v) is 6.81. The topological polar surface area (TPSA) is 92.5 Å². The van der Waals surface area contributed by atoms with Gasteiger partial charge in [0, 0.05) is 40.9 Å². The minimum atomic E-state index is -1.37. The number of carbonyl (C=O) groups excluding carboxylic acids is 2. The average Bonchev–Trinajstić information content (AvgIpc) is 3.57. The van der Waals surface area contributed by atoms with Crippen LogP contribution in [0, 0.1) is 21.8 Å². The maximum Gasteiger partial charge on any atom is 0.269 e. The number of carbonyl (C=O) groups is 2. The van der Waals surface area contributed by atoms with Gasteiger partial charge in [-0.3, -0.25) is 24.6 Å². The van der Waals surface area contributed by atoms with Crippen molar-refractivity contribution >= 4 is 23.1 Å². The van der Waals surface area contributed by atoms with E-state index in [2.05, 4.69) is 10.2 Å². The number of non-ortho nitro benzene ring substituents is 1. The molecule has 3 aliphatic rings. The predicted octanol–water partition coefficient (Wildman–Crippen LogP) is 5.20. The molecule has 1 amide bonds. The average molecular weight is 500 g/mol. The lowest BCUT2D eigenvalue weighted by atomic mass is 9.68. The van der Waals surface area contributed by atoms with Crippen molar-refractivity contribution in [3.63, 3.8) is 0 Å². The number of nitro benzene ring substituents is 1. The largest absolute Gasteiger partial charge is 0.324 e. The van der Waals surface area contributed by atoms with Gasteiger partial charge in [-0.15, -0.1) is 0 Å². The molecule has 3 unspecified atom stereocenters. The smallest absolute Gasteiger partial charge is 0.269 e. The van der Waals surface area contributed by atoms with Crippen molar-refractivity contribution in [1.29, 1.82) is 0 Å². The van der Waals surface area contributed by atoms with E-state index >= 15 is 0 Å². The highest BCUT2D eigenvalue weighted by molar-refractivity contribution is 6.12. The number of fused-ring (bicyclic) bond motifs is 4. The molecule has 6 rings (SSSR count). The molecule has 188 valence electrons. The molecule has 4 atom stereocenters. The summed E-state index contributed by atoms with van der Waals surface area (Å²) < 4.78 is 14.6. The Bertz CT molecular complexity index is 1420. The number of ketones is 1. The third kappa shape index (κ3) is 3.35. The Balaban J connectivity index is 1.58. The van der Waals surface area contributed by atoms with Crippen molar-refractivity contribution in [3.05, 3.63) is 105 Å². The second-order valence-electron chi connectivity index (χ2n) is 10.1. The first-order chi connectivity index (χ1) is 17.9. The normalized spacial score (nSPS) is 26.2. The molecule has 3 heterocycles. The van der Waals surface area contributed by atoms with E-state index in [0.29, 0.717) is 23.4 Å². The fourth-order valence-electron chi connectivity index (χ4n) is 6.81. The van der Waals surface area contributed by atoms with Gasteiger partial charge in [0.05, 0.1) is 10.8 Å². The lowest BCUT2D eigenvalue weighted by Crippen LogP contribution is -2.52. The van der Waals surface area contributed by atoms with Crippen LogP contribution in [-0.4, -0.2) is 34.1 Å². The maximum atomic E-state index is 14.6.